The Kier molecular flexibility index (Phi) is 4.91. The van der Waals surface area contributed by atoms with Gasteiger partial charge in [0.05, 0.1) is 18.5 Å². The number of nitrogens with zero attached hydrogens (tertiary/aromatic N) is 3. The second-order valence-electron chi connectivity index (χ2n) is 6.08. The maximum Gasteiger partial charge on any atom is 0.232 e. The molecule has 8 heteroatoms. The monoisotopic (exact) mass is 367 g/mol. The highest BCUT2D eigenvalue weighted by Crippen LogP contribution is 2.22. The number of carbonyl (C=O) groups excluding carboxylic acids is 1. The van der Waals surface area contributed by atoms with E-state index in [0.717, 1.165) is 11.1 Å². The maximum atomic E-state index is 12.0. The average Bonchev–Trinajstić information content (AvgIpc) is 3.06. The quantitative estimate of drug-likeness (QED) is 0.730. The molecule has 0 radical (unpaired) electrons. The fraction of sp³-hybridized carbons (Fsp3) is 0.375. The predicted octanol–water partition coefficient (Wildman–Crippen LogP) is 1.85. The summed E-state index contributed by atoms with van der Waals surface area (Å²) in [5.41, 5.74) is 2.07. The number of carbonyl (C=O) groups is 1. The summed E-state index contributed by atoms with van der Waals surface area (Å²) in [5, 5.41) is 4.32. The number of hydrogen-bond acceptors (Lipinski definition) is 4. The number of likely N-dealkylation sites (tertiary alicyclic amines) is 1. The first kappa shape index (κ1) is 17.0. The van der Waals surface area contributed by atoms with Crippen LogP contribution in [-0.4, -0.2) is 41.3 Å². The van der Waals surface area contributed by atoms with Crippen LogP contribution in [0.1, 0.15) is 17.5 Å². The van der Waals surface area contributed by atoms with Crippen molar-refractivity contribution in [3.05, 3.63) is 53.9 Å². The standard InChI is InChI=1S/C16H18ClN3O3S/c17-24(22,23)12-14-6-16(21)19(8-14)9-15-7-18-20(11-15)10-13-4-2-1-3-5-13/h1-5,7,11,14H,6,8-10,12H2. The number of amides is 1. The molecule has 1 aliphatic rings. The molecule has 2 aromatic rings. The Bertz CT molecular complexity index is 820. The van der Waals surface area contributed by atoms with Crippen molar-refractivity contribution >= 4 is 25.6 Å². The number of aromatic nitrogens is 2. The topological polar surface area (TPSA) is 72.3 Å². The lowest BCUT2D eigenvalue weighted by Crippen LogP contribution is -2.25. The number of halogens is 1. The normalized spacial score (nSPS) is 18.3. The van der Waals surface area contributed by atoms with Gasteiger partial charge in [0.1, 0.15) is 0 Å². The highest BCUT2D eigenvalue weighted by Gasteiger charge is 2.32. The van der Waals surface area contributed by atoms with E-state index in [1.54, 1.807) is 11.1 Å². The Labute approximate surface area is 145 Å². The lowest BCUT2D eigenvalue weighted by atomic mass is 10.1. The van der Waals surface area contributed by atoms with E-state index in [-0.39, 0.29) is 24.0 Å². The Morgan fingerprint density at radius 3 is 2.62 bits per heavy atom. The fourth-order valence-electron chi connectivity index (χ4n) is 2.97. The van der Waals surface area contributed by atoms with E-state index >= 15 is 0 Å². The van der Waals surface area contributed by atoms with E-state index in [2.05, 4.69) is 5.10 Å². The first-order valence-electron chi connectivity index (χ1n) is 7.64. The van der Waals surface area contributed by atoms with Gasteiger partial charge in [0.15, 0.2) is 0 Å². The fourth-order valence-corrected chi connectivity index (χ4v) is 4.29. The Hall–Kier alpha value is -1.86. The van der Waals surface area contributed by atoms with Crippen LogP contribution < -0.4 is 0 Å². The van der Waals surface area contributed by atoms with Gasteiger partial charge in [-0.05, 0) is 5.56 Å². The van der Waals surface area contributed by atoms with Crippen LogP contribution in [0.2, 0.25) is 0 Å². The summed E-state index contributed by atoms with van der Waals surface area (Å²) >= 11 is 0. The van der Waals surface area contributed by atoms with E-state index in [0.29, 0.717) is 19.6 Å². The molecule has 1 unspecified atom stereocenters. The Balaban J connectivity index is 1.60. The van der Waals surface area contributed by atoms with Crippen molar-refractivity contribution in [2.24, 2.45) is 5.92 Å². The van der Waals surface area contributed by atoms with Crippen LogP contribution in [0.15, 0.2) is 42.7 Å². The summed E-state index contributed by atoms with van der Waals surface area (Å²) < 4.78 is 24.1. The molecule has 0 bridgehead atoms. The van der Waals surface area contributed by atoms with E-state index < -0.39 is 9.05 Å². The second-order valence-corrected chi connectivity index (χ2v) is 8.90. The molecule has 0 spiro atoms. The van der Waals surface area contributed by atoms with Gasteiger partial charge in [0.2, 0.25) is 15.0 Å². The molecule has 1 amide bonds. The summed E-state index contributed by atoms with van der Waals surface area (Å²) in [7, 11) is 1.70. The van der Waals surface area contributed by atoms with Gasteiger partial charge in [-0.1, -0.05) is 30.3 Å². The third-order valence-electron chi connectivity index (χ3n) is 3.98. The maximum absolute atomic E-state index is 12.0. The summed E-state index contributed by atoms with van der Waals surface area (Å²) in [6.45, 7) is 1.52. The molecule has 1 aliphatic heterocycles. The minimum atomic E-state index is -3.58. The molecule has 0 N–H and O–H groups in total. The number of hydrogen-bond donors (Lipinski definition) is 0. The zero-order chi connectivity index (χ0) is 17.2. The van der Waals surface area contributed by atoms with Crippen LogP contribution in [0, 0.1) is 5.92 Å². The summed E-state index contributed by atoms with van der Waals surface area (Å²) in [6, 6.07) is 9.99. The molecule has 1 aromatic heterocycles. The summed E-state index contributed by atoms with van der Waals surface area (Å²) in [6.07, 6.45) is 3.87. The minimum Gasteiger partial charge on any atom is -0.338 e. The van der Waals surface area contributed by atoms with Gasteiger partial charge < -0.3 is 4.90 Å². The molecule has 1 atom stereocenters. The van der Waals surface area contributed by atoms with Gasteiger partial charge >= 0.3 is 0 Å². The molecule has 1 saturated heterocycles. The molecule has 24 heavy (non-hydrogen) atoms. The molecular formula is C16H18ClN3O3S. The Morgan fingerprint density at radius 1 is 1.17 bits per heavy atom. The molecule has 1 fully saturated rings. The van der Waals surface area contributed by atoms with Crippen molar-refractivity contribution in [1.29, 1.82) is 0 Å². The molecule has 1 aromatic carbocycles. The second kappa shape index (κ2) is 6.94. The van der Waals surface area contributed by atoms with E-state index in [9.17, 15) is 13.2 Å². The highest BCUT2D eigenvalue weighted by atomic mass is 35.7. The van der Waals surface area contributed by atoms with Gasteiger partial charge in [0, 0.05) is 47.9 Å². The third kappa shape index (κ3) is 4.58. The lowest BCUT2D eigenvalue weighted by Gasteiger charge is -2.15. The zero-order valence-electron chi connectivity index (χ0n) is 13.0. The zero-order valence-corrected chi connectivity index (χ0v) is 14.6. The van der Waals surface area contributed by atoms with Crippen LogP contribution >= 0.6 is 10.7 Å². The van der Waals surface area contributed by atoms with Crippen molar-refractivity contribution in [3.63, 3.8) is 0 Å². The van der Waals surface area contributed by atoms with Gasteiger partial charge in [0.25, 0.3) is 0 Å². The first-order chi connectivity index (χ1) is 11.4. The predicted molar refractivity (Wildman–Crippen MR) is 90.9 cm³/mol. The van der Waals surface area contributed by atoms with E-state index in [1.165, 1.54) is 0 Å². The summed E-state index contributed by atoms with van der Waals surface area (Å²) in [5.74, 6) is -0.445. The van der Waals surface area contributed by atoms with E-state index in [4.69, 9.17) is 10.7 Å². The highest BCUT2D eigenvalue weighted by molar-refractivity contribution is 8.13. The minimum absolute atomic E-state index is 0.0453. The third-order valence-corrected chi connectivity index (χ3v) is 5.22. The van der Waals surface area contributed by atoms with Gasteiger partial charge in [-0.15, -0.1) is 0 Å². The SMILES string of the molecule is O=C1CC(CS(=O)(=O)Cl)CN1Cc1cnn(Cc2ccccc2)c1. The largest absolute Gasteiger partial charge is 0.338 e. The van der Waals surface area contributed by atoms with Gasteiger partial charge in [-0.25, -0.2) is 8.42 Å². The van der Waals surface area contributed by atoms with Gasteiger partial charge in [-0.2, -0.15) is 5.10 Å². The Morgan fingerprint density at radius 2 is 1.92 bits per heavy atom. The lowest BCUT2D eigenvalue weighted by molar-refractivity contribution is -0.128. The van der Waals surface area contributed by atoms with Crippen molar-refractivity contribution in [1.82, 2.24) is 14.7 Å². The van der Waals surface area contributed by atoms with E-state index in [1.807, 2.05) is 41.2 Å². The van der Waals surface area contributed by atoms with Crippen LogP contribution in [-0.2, 0) is 26.9 Å². The first-order valence-corrected chi connectivity index (χ1v) is 10.1. The van der Waals surface area contributed by atoms with Crippen molar-refractivity contribution in [2.75, 3.05) is 12.3 Å². The average molecular weight is 368 g/mol. The number of benzene rings is 1. The summed E-state index contributed by atoms with van der Waals surface area (Å²) in [4.78, 5) is 13.7. The molecule has 0 saturated carbocycles. The molecular weight excluding hydrogens is 350 g/mol. The van der Waals surface area contributed by atoms with Crippen molar-refractivity contribution < 1.29 is 13.2 Å². The number of rotatable bonds is 6. The van der Waals surface area contributed by atoms with Crippen LogP contribution in [0.5, 0.6) is 0 Å². The molecule has 0 aliphatic carbocycles. The van der Waals surface area contributed by atoms with Crippen LogP contribution in [0.25, 0.3) is 0 Å². The van der Waals surface area contributed by atoms with Crippen molar-refractivity contribution in [2.45, 2.75) is 19.5 Å². The van der Waals surface area contributed by atoms with Crippen LogP contribution in [0.3, 0.4) is 0 Å². The molecule has 3 rings (SSSR count). The smallest absolute Gasteiger partial charge is 0.232 e. The molecule has 128 valence electrons. The molecule has 2 heterocycles. The van der Waals surface area contributed by atoms with Crippen LogP contribution in [0.4, 0.5) is 0 Å². The van der Waals surface area contributed by atoms with Crippen molar-refractivity contribution in [3.8, 4) is 0 Å². The van der Waals surface area contributed by atoms with Gasteiger partial charge in [-0.3, -0.25) is 9.48 Å². The molecule has 6 nitrogen and oxygen atoms in total.